The van der Waals surface area contributed by atoms with Gasteiger partial charge in [-0.2, -0.15) is 0 Å². The summed E-state index contributed by atoms with van der Waals surface area (Å²) in [5.74, 6) is 0.554. The van der Waals surface area contributed by atoms with Gasteiger partial charge in [0.1, 0.15) is 0 Å². The molecule has 0 fully saturated rings. The maximum Gasteiger partial charge on any atom is 0.253 e. The average Bonchev–Trinajstić information content (AvgIpc) is 2.97. The molecule has 2 aromatic rings. The van der Waals surface area contributed by atoms with E-state index in [1.165, 1.54) is 5.56 Å². The minimum absolute atomic E-state index is 0.0665. The highest BCUT2D eigenvalue weighted by atomic mass is 32.1. The first kappa shape index (κ1) is 14.7. The third kappa shape index (κ3) is 3.67. The van der Waals surface area contributed by atoms with Crippen molar-refractivity contribution < 1.29 is 4.79 Å². The van der Waals surface area contributed by atoms with Crippen LogP contribution in [-0.4, -0.2) is 29.4 Å². The van der Waals surface area contributed by atoms with E-state index >= 15 is 0 Å². The van der Waals surface area contributed by atoms with Crippen LogP contribution in [0.5, 0.6) is 0 Å². The number of hydrogen-bond acceptors (Lipinski definition) is 3. The van der Waals surface area contributed by atoms with E-state index in [4.69, 9.17) is 0 Å². The molecule has 0 N–H and O–H groups in total. The summed E-state index contributed by atoms with van der Waals surface area (Å²) in [5.41, 5.74) is 2.00. The Hall–Kier alpha value is -1.68. The van der Waals surface area contributed by atoms with E-state index < -0.39 is 0 Å². The molecule has 3 nitrogen and oxygen atoms in total. The smallest absolute Gasteiger partial charge is 0.253 e. The van der Waals surface area contributed by atoms with Gasteiger partial charge in [-0.3, -0.25) is 4.79 Å². The van der Waals surface area contributed by atoms with Gasteiger partial charge in [0.15, 0.2) is 0 Å². The second kappa shape index (κ2) is 6.66. The summed E-state index contributed by atoms with van der Waals surface area (Å²) in [6, 6.07) is 7.90. The van der Waals surface area contributed by atoms with Gasteiger partial charge in [0.25, 0.3) is 5.91 Å². The first-order valence-electron chi connectivity index (χ1n) is 6.81. The molecule has 106 valence electrons. The monoisotopic (exact) mass is 288 g/mol. The van der Waals surface area contributed by atoms with Gasteiger partial charge in [-0.25, -0.2) is 4.98 Å². The maximum atomic E-state index is 12.3. The minimum atomic E-state index is 0.0665. The number of rotatable bonds is 5. The molecule has 2 rings (SSSR count). The van der Waals surface area contributed by atoms with E-state index in [1.807, 2.05) is 36.7 Å². The Morgan fingerprint density at radius 1 is 1.30 bits per heavy atom. The molecule has 1 aromatic carbocycles. The van der Waals surface area contributed by atoms with Crippen molar-refractivity contribution in [3.05, 3.63) is 52.0 Å². The van der Waals surface area contributed by atoms with Crippen molar-refractivity contribution in [2.45, 2.75) is 26.2 Å². The number of aromatic nitrogens is 1. The first-order valence-corrected chi connectivity index (χ1v) is 7.69. The van der Waals surface area contributed by atoms with E-state index in [9.17, 15) is 4.79 Å². The topological polar surface area (TPSA) is 33.2 Å². The lowest BCUT2D eigenvalue weighted by molar-refractivity contribution is 0.0796. The summed E-state index contributed by atoms with van der Waals surface area (Å²) in [6.07, 6.45) is 2.61. The second-order valence-electron chi connectivity index (χ2n) is 5.18. The van der Waals surface area contributed by atoms with Gasteiger partial charge in [-0.05, 0) is 23.6 Å². The normalized spacial score (nSPS) is 10.8. The molecule has 0 saturated carbocycles. The number of hydrogen-bond donors (Lipinski definition) is 0. The highest BCUT2D eigenvalue weighted by Gasteiger charge is 2.12. The number of carbonyl (C=O) groups is 1. The molecule has 4 heteroatoms. The summed E-state index contributed by atoms with van der Waals surface area (Å²) < 4.78 is 0. The third-order valence-electron chi connectivity index (χ3n) is 3.32. The Balaban J connectivity index is 1.95. The summed E-state index contributed by atoms with van der Waals surface area (Å²) in [5, 5.41) is 3.03. The molecule has 0 radical (unpaired) electrons. The van der Waals surface area contributed by atoms with Crippen LogP contribution in [-0.2, 0) is 6.42 Å². The molecule has 0 aliphatic rings. The Morgan fingerprint density at radius 3 is 2.55 bits per heavy atom. The largest absolute Gasteiger partial charge is 0.341 e. The Kier molecular flexibility index (Phi) is 4.90. The molecule has 0 aliphatic heterocycles. The number of likely N-dealkylation sites (N-methyl/N-ethyl adjacent to an activating group) is 1. The van der Waals surface area contributed by atoms with Crippen molar-refractivity contribution in [3.63, 3.8) is 0 Å². The SMILES string of the molecule is CC(C)c1ccc(C(=O)N(C)CCc2nccs2)cc1. The zero-order chi connectivity index (χ0) is 14.5. The fourth-order valence-electron chi connectivity index (χ4n) is 1.97. The molecule has 20 heavy (non-hydrogen) atoms. The van der Waals surface area contributed by atoms with E-state index in [-0.39, 0.29) is 5.91 Å². The van der Waals surface area contributed by atoms with Crippen molar-refractivity contribution >= 4 is 17.2 Å². The molecule has 1 aromatic heterocycles. The molecule has 0 saturated heterocycles. The van der Waals surface area contributed by atoms with Crippen LogP contribution in [0.1, 0.15) is 40.7 Å². The summed E-state index contributed by atoms with van der Waals surface area (Å²) in [6.45, 7) is 4.99. The molecule has 1 amide bonds. The van der Waals surface area contributed by atoms with Gasteiger partial charge < -0.3 is 4.90 Å². The van der Waals surface area contributed by atoms with Crippen LogP contribution in [0.25, 0.3) is 0 Å². The fraction of sp³-hybridized carbons (Fsp3) is 0.375. The Morgan fingerprint density at radius 2 is 2.00 bits per heavy atom. The van der Waals surface area contributed by atoms with E-state index in [0.29, 0.717) is 12.5 Å². The molecule has 0 unspecified atom stereocenters. The summed E-state index contributed by atoms with van der Waals surface area (Å²) >= 11 is 1.63. The van der Waals surface area contributed by atoms with Gasteiger partial charge in [0, 0.05) is 37.2 Å². The molecule has 1 heterocycles. The van der Waals surface area contributed by atoms with Crippen molar-refractivity contribution in [2.24, 2.45) is 0 Å². The van der Waals surface area contributed by atoms with Crippen molar-refractivity contribution in [2.75, 3.05) is 13.6 Å². The number of benzene rings is 1. The van der Waals surface area contributed by atoms with Gasteiger partial charge in [0.05, 0.1) is 5.01 Å². The Bertz CT molecular complexity index is 546. The second-order valence-corrected chi connectivity index (χ2v) is 6.16. The quantitative estimate of drug-likeness (QED) is 0.842. The van der Waals surface area contributed by atoms with Crippen LogP contribution >= 0.6 is 11.3 Å². The first-order chi connectivity index (χ1) is 9.58. The van der Waals surface area contributed by atoms with Crippen LogP contribution in [0, 0.1) is 0 Å². The molecule has 0 spiro atoms. The zero-order valence-electron chi connectivity index (χ0n) is 12.2. The highest BCUT2D eigenvalue weighted by molar-refractivity contribution is 7.09. The third-order valence-corrected chi connectivity index (χ3v) is 4.15. The average molecular weight is 288 g/mol. The lowest BCUT2D eigenvalue weighted by Crippen LogP contribution is -2.28. The number of thiazole rings is 1. The number of amides is 1. The van der Waals surface area contributed by atoms with Crippen LogP contribution in [0.15, 0.2) is 35.8 Å². The molecule has 0 bridgehead atoms. The van der Waals surface area contributed by atoms with Gasteiger partial charge >= 0.3 is 0 Å². The van der Waals surface area contributed by atoms with E-state index in [1.54, 1.807) is 22.4 Å². The fourth-order valence-corrected chi connectivity index (χ4v) is 2.58. The number of nitrogens with zero attached hydrogens (tertiary/aromatic N) is 2. The molecular formula is C16H20N2OS. The predicted octanol–water partition coefficient (Wildman–Crippen LogP) is 3.58. The van der Waals surface area contributed by atoms with E-state index in [0.717, 1.165) is 17.0 Å². The van der Waals surface area contributed by atoms with Crippen LogP contribution < -0.4 is 0 Å². The maximum absolute atomic E-state index is 12.3. The highest BCUT2D eigenvalue weighted by Crippen LogP contribution is 2.15. The van der Waals surface area contributed by atoms with E-state index in [2.05, 4.69) is 18.8 Å². The summed E-state index contributed by atoms with van der Waals surface area (Å²) in [4.78, 5) is 18.3. The predicted molar refractivity (Wildman–Crippen MR) is 83.3 cm³/mol. The van der Waals surface area contributed by atoms with Crippen molar-refractivity contribution in [1.82, 2.24) is 9.88 Å². The Labute approximate surface area is 124 Å². The standard InChI is InChI=1S/C16H20N2OS/c1-12(2)13-4-6-14(7-5-13)16(19)18(3)10-8-15-17-9-11-20-15/h4-7,9,11-12H,8,10H2,1-3H3. The molecular weight excluding hydrogens is 268 g/mol. The number of carbonyl (C=O) groups excluding carboxylic acids is 1. The molecule has 0 atom stereocenters. The summed E-state index contributed by atoms with van der Waals surface area (Å²) in [7, 11) is 1.84. The van der Waals surface area contributed by atoms with Crippen molar-refractivity contribution in [3.8, 4) is 0 Å². The lowest BCUT2D eigenvalue weighted by atomic mass is 10.0. The van der Waals surface area contributed by atoms with Crippen molar-refractivity contribution in [1.29, 1.82) is 0 Å². The van der Waals surface area contributed by atoms with Crippen LogP contribution in [0.3, 0.4) is 0 Å². The minimum Gasteiger partial charge on any atom is -0.341 e. The molecule has 0 aliphatic carbocycles. The van der Waals surface area contributed by atoms with Gasteiger partial charge in [-0.1, -0.05) is 26.0 Å². The van der Waals surface area contributed by atoms with Gasteiger partial charge in [-0.15, -0.1) is 11.3 Å². The lowest BCUT2D eigenvalue weighted by Gasteiger charge is -2.17. The van der Waals surface area contributed by atoms with Crippen LogP contribution in [0.2, 0.25) is 0 Å². The van der Waals surface area contributed by atoms with Gasteiger partial charge in [0.2, 0.25) is 0 Å². The van der Waals surface area contributed by atoms with Crippen LogP contribution in [0.4, 0.5) is 0 Å². The zero-order valence-corrected chi connectivity index (χ0v) is 13.0.